The highest BCUT2D eigenvalue weighted by Gasteiger charge is 2.18. The second kappa shape index (κ2) is 9.13. The number of nitrogens with one attached hydrogen (secondary N) is 2. The molecule has 2 heterocycles. The summed E-state index contributed by atoms with van der Waals surface area (Å²) in [7, 11) is 1.61. The zero-order valence-electron chi connectivity index (χ0n) is 19.8. The number of aryl methyl sites for hydroxylation is 1. The Hall–Kier alpha value is -3.94. The van der Waals surface area contributed by atoms with Gasteiger partial charge in [-0.25, -0.2) is 19.2 Å². The van der Waals surface area contributed by atoms with Crippen molar-refractivity contribution in [3.8, 4) is 28.3 Å². The van der Waals surface area contributed by atoms with Gasteiger partial charge < -0.3 is 19.8 Å². The van der Waals surface area contributed by atoms with Crippen LogP contribution in [0.25, 0.3) is 33.7 Å². The van der Waals surface area contributed by atoms with Crippen LogP contribution in [0.2, 0.25) is 0 Å². The first-order chi connectivity index (χ1) is 16.1. The number of alkyl carbamates (subject to hydrolysis) is 1. The average molecular weight is 463 g/mol. The molecule has 0 radical (unpaired) electrons. The molecule has 0 aliphatic heterocycles. The topological polar surface area (TPSA) is 89.1 Å². The number of aromatic amines is 1. The summed E-state index contributed by atoms with van der Waals surface area (Å²) in [5.41, 5.74) is 4.21. The molecule has 4 aromatic rings. The quantitative estimate of drug-likeness (QED) is 0.393. The van der Waals surface area contributed by atoms with Gasteiger partial charge in [0.15, 0.2) is 5.65 Å². The number of fused-ring (bicyclic) bond motifs is 1. The number of benzene rings is 2. The van der Waals surface area contributed by atoms with E-state index >= 15 is 4.39 Å². The van der Waals surface area contributed by atoms with Crippen LogP contribution in [-0.2, 0) is 11.3 Å². The van der Waals surface area contributed by atoms with Crippen molar-refractivity contribution in [2.75, 3.05) is 7.11 Å². The van der Waals surface area contributed by atoms with Crippen LogP contribution in [0.15, 0.2) is 48.7 Å². The summed E-state index contributed by atoms with van der Waals surface area (Å²) in [6.07, 6.45) is 1.07. The minimum atomic E-state index is -0.622. The minimum Gasteiger partial charge on any atom is -0.497 e. The van der Waals surface area contributed by atoms with E-state index in [-0.39, 0.29) is 6.54 Å². The first kappa shape index (κ1) is 23.2. The number of hydrogen-bond acceptors (Lipinski definition) is 5. The number of hydrogen-bond donors (Lipinski definition) is 2. The monoisotopic (exact) mass is 462 g/mol. The van der Waals surface area contributed by atoms with Gasteiger partial charge in [0, 0.05) is 29.4 Å². The van der Waals surface area contributed by atoms with E-state index in [4.69, 9.17) is 9.47 Å². The van der Waals surface area contributed by atoms with Crippen molar-refractivity contribution in [2.45, 2.75) is 39.8 Å². The van der Waals surface area contributed by atoms with Crippen molar-refractivity contribution in [2.24, 2.45) is 0 Å². The second-order valence-electron chi connectivity index (χ2n) is 8.99. The number of carbonyl (C=O) groups excluding carboxylic acids is 1. The molecule has 0 spiro atoms. The zero-order valence-corrected chi connectivity index (χ0v) is 19.8. The molecule has 0 saturated carbocycles. The summed E-state index contributed by atoms with van der Waals surface area (Å²) < 4.78 is 25.5. The predicted octanol–water partition coefficient (Wildman–Crippen LogP) is 5.77. The molecular weight excluding hydrogens is 435 g/mol. The van der Waals surface area contributed by atoms with Gasteiger partial charge in [0.1, 0.15) is 23.0 Å². The lowest BCUT2D eigenvalue weighted by molar-refractivity contribution is 0.0523. The van der Waals surface area contributed by atoms with E-state index in [0.717, 1.165) is 22.4 Å². The van der Waals surface area contributed by atoms with Crippen LogP contribution >= 0.6 is 0 Å². The van der Waals surface area contributed by atoms with Crippen molar-refractivity contribution in [3.63, 3.8) is 0 Å². The summed E-state index contributed by atoms with van der Waals surface area (Å²) in [4.78, 5) is 24.3. The Kier molecular flexibility index (Phi) is 6.24. The number of carbonyl (C=O) groups is 1. The van der Waals surface area contributed by atoms with Crippen LogP contribution in [0.5, 0.6) is 5.75 Å². The summed E-state index contributed by atoms with van der Waals surface area (Å²) in [5, 5.41) is 2.61. The lowest BCUT2D eigenvalue weighted by atomic mass is 9.98. The Labute approximate surface area is 197 Å². The summed E-state index contributed by atoms with van der Waals surface area (Å²) in [6.45, 7) is 7.25. The molecule has 0 unspecified atom stereocenters. The fourth-order valence-corrected chi connectivity index (χ4v) is 3.69. The fourth-order valence-electron chi connectivity index (χ4n) is 3.69. The number of methoxy groups -OCH3 is 1. The molecule has 2 aromatic carbocycles. The van der Waals surface area contributed by atoms with E-state index in [0.29, 0.717) is 28.1 Å². The standard InChI is InChI=1S/C26H27FN4O3/c1-15-11-17(14-29-25(32)34-26(2,3)4)21(27)13-20(15)19-9-10-28-24-22(19)30-23(31-24)16-7-6-8-18(12-16)33-5/h6-13H,14H2,1-5H3,(H,29,32)(H,28,30,31). The molecular formula is C26H27FN4O3. The van der Waals surface area contributed by atoms with Crippen molar-refractivity contribution < 1.29 is 18.7 Å². The lowest BCUT2D eigenvalue weighted by Crippen LogP contribution is -2.32. The number of halogens is 1. The third-order valence-corrected chi connectivity index (χ3v) is 5.24. The molecule has 0 fully saturated rings. The number of H-pyrrole nitrogens is 1. The normalized spacial score (nSPS) is 11.5. The molecule has 7 nitrogen and oxygen atoms in total. The van der Waals surface area contributed by atoms with Crippen molar-refractivity contribution in [1.29, 1.82) is 0 Å². The molecule has 0 atom stereocenters. The van der Waals surface area contributed by atoms with Crippen molar-refractivity contribution >= 4 is 17.3 Å². The Morgan fingerprint density at radius 1 is 1.15 bits per heavy atom. The summed E-state index contributed by atoms with van der Waals surface area (Å²) in [5.74, 6) is 0.943. The minimum absolute atomic E-state index is 0.0255. The lowest BCUT2D eigenvalue weighted by Gasteiger charge is -2.20. The smallest absolute Gasteiger partial charge is 0.407 e. The molecule has 8 heteroatoms. The molecule has 4 rings (SSSR count). The van der Waals surface area contributed by atoms with Gasteiger partial charge in [-0.1, -0.05) is 18.2 Å². The van der Waals surface area contributed by atoms with Gasteiger partial charge in [-0.2, -0.15) is 0 Å². The van der Waals surface area contributed by atoms with E-state index in [9.17, 15) is 4.79 Å². The highest BCUT2D eigenvalue weighted by atomic mass is 19.1. The highest BCUT2D eigenvalue weighted by Crippen LogP contribution is 2.32. The van der Waals surface area contributed by atoms with E-state index in [1.807, 2.05) is 37.3 Å². The second-order valence-corrected chi connectivity index (χ2v) is 8.99. The number of ether oxygens (including phenoxy) is 2. The number of nitrogens with zero attached hydrogens (tertiary/aromatic N) is 2. The molecule has 0 bridgehead atoms. The third kappa shape index (κ3) is 5.01. The Balaban J connectivity index is 1.66. The van der Waals surface area contributed by atoms with Crippen molar-refractivity contribution in [1.82, 2.24) is 20.3 Å². The predicted molar refractivity (Wildman–Crippen MR) is 129 cm³/mol. The van der Waals surface area contributed by atoms with Crippen molar-refractivity contribution in [3.05, 3.63) is 65.6 Å². The first-order valence-electron chi connectivity index (χ1n) is 10.9. The van der Waals surface area contributed by atoms with E-state index in [2.05, 4.69) is 20.3 Å². The number of amides is 1. The van der Waals surface area contributed by atoms with Crippen LogP contribution in [0.3, 0.4) is 0 Å². The third-order valence-electron chi connectivity index (χ3n) is 5.24. The van der Waals surface area contributed by atoms with Crippen LogP contribution in [0.4, 0.5) is 9.18 Å². The number of imidazole rings is 1. The summed E-state index contributed by atoms with van der Waals surface area (Å²) >= 11 is 0. The van der Waals surface area contributed by atoms with Crippen LogP contribution in [0, 0.1) is 12.7 Å². The molecule has 34 heavy (non-hydrogen) atoms. The highest BCUT2D eigenvalue weighted by molar-refractivity contribution is 5.92. The van der Waals surface area contributed by atoms with E-state index in [1.165, 1.54) is 6.07 Å². The zero-order chi connectivity index (χ0) is 24.5. The van der Waals surface area contributed by atoms with E-state index in [1.54, 1.807) is 40.1 Å². The van der Waals surface area contributed by atoms with Crippen LogP contribution in [0.1, 0.15) is 31.9 Å². The first-order valence-corrected chi connectivity index (χ1v) is 10.9. The Morgan fingerprint density at radius 3 is 2.68 bits per heavy atom. The number of rotatable bonds is 5. The number of aromatic nitrogens is 3. The van der Waals surface area contributed by atoms with Gasteiger partial charge in [-0.15, -0.1) is 0 Å². The Morgan fingerprint density at radius 2 is 1.94 bits per heavy atom. The fraction of sp³-hybridized carbons (Fsp3) is 0.269. The molecule has 1 amide bonds. The molecule has 176 valence electrons. The van der Waals surface area contributed by atoms with Gasteiger partial charge >= 0.3 is 6.09 Å². The van der Waals surface area contributed by atoms with Gasteiger partial charge in [0.25, 0.3) is 0 Å². The van der Waals surface area contributed by atoms with Gasteiger partial charge in [0.2, 0.25) is 0 Å². The maximum absolute atomic E-state index is 15.0. The largest absolute Gasteiger partial charge is 0.497 e. The average Bonchev–Trinajstić information content (AvgIpc) is 3.23. The molecule has 0 saturated heterocycles. The molecule has 0 aliphatic carbocycles. The maximum atomic E-state index is 15.0. The number of pyridine rings is 1. The molecule has 0 aliphatic rings. The molecule has 2 aromatic heterocycles. The summed E-state index contributed by atoms with van der Waals surface area (Å²) in [6, 6.07) is 12.6. The van der Waals surface area contributed by atoms with E-state index < -0.39 is 17.5 Å². The van der Waals surface area contributed by atoms with Gasteiger partial charge in [-0.3, -0.25) is 0 Å². The van der Waals surface area contributed by atoms with Crippen LogP contribution < -0.4 is 10.1 Å². The maximum Gasteiger partial charge on any atom is 0.407 e. The van der Waals surface area contributed by atoms with Crippen LogP contribution in [-0.4, -0.2) is 33.8 Å². The molecule has 2 N–H and O–H groups in total. The van der Waals surface area contributed by atoms with Gasteiger partial charge in [-0.05, 0) is 63.1 Å². The Bertz CT molecular complexity index is 1360. The SMILES string of the molecule is COc1cccc(-c2nc3nccc(-c4cc(F)c(CNC(=O)OC(C)(C)C)cc4C)c3[nH]2)c1. The van der Waals surface area contributed by atoms with Gasteiger partial charge in [0.05, 0.1) is 12.6 Å².